The van der Waals surface area contributed by atoms with Gasteiger partial charge < -0.3 is 33.6 Å². The zero-order valence-corrected chi connectivity index (χ0v) is 60.1. The molecule has 0 aromatic heterocycles. The summed E-state index contributed by atoms with van der Waals surface area (Å²) in [5.41, 5.74) is 33.9. The number of rotatable bonds is 19. The van der Waals surface area contributed by atoms with E-state index >= 15 is 0 Å². The van der Waals surface area contributed by atoms with Crippen molar-refractivity contribution in [1.82, 2.24) is 0 Å². The summed E-state index contributed by atoms with van der Waals surface area (Å²) in [6.45, 7) is 27.1. The van der Waals surface area contributed by atoms with Gasteiger partial charge in [-0.25, -0.2) is 0 Å². The average molecular weight is 1300 g/mol. The Morgan fingerprint density at radius 3 is 0.606 bits per heavy atom. The van der Waals surface area contributed by atoms with Crippen LogP contribution in [0.2, 0.25) is 0 Å². The van der Waals surface area contributed by atoms with Crippen LogP contribution >= 0.6 is 0 Å². The molecule has 0 aliphatic rings. The van der Waals surface area contributed by atoms with Crippen LogP contribution in [0, 0.1) is 94.9 Å². The van der Waals surface area contributed by atoms with Crippen molar-refractivity contribution in [2.75, 3.05) is 43.1 Å². The van der Waals surface area contributed by atoms with Gasteiger partial charge in [0.15, 0.2) is 0 Å². The number of ether oxygens (including phenoxy) is 4. The van der Waals surface area contributed by atoms with Crippen molar-refractivity contribution in [2.45, 2.75) is 83.1 Å². The lowest BCUT2D eigenvalue weighted by atomic mass is 9.31. The third-order valence-corrected chi connectivity index (χ3v) is 19.3. The fourth-order valence-corrected chi connectivity index (χ4v) is 15.2. The van der Waals surface area contributed by atoms with Crippen molar-refractivity contribution in [3.05, 3.63) is 314 Å². The zero-order chi connectivity index (χ0) is 69.8. The Morgan fingerprint density at radius 1 is 0.222 bits per heavy atom. The molecule has 0 saturated carbocycles. The van der Waals surface area contributed by atoms with E-state index in [2.05, 4.69) is 298 Å². The van der Waals surface area contributed by atoms with Gasteiger partial charge in [0.25, 0.3) is 0 Å². The molecule has 0 radical (unpaired) electrons. The normalized spacial score (nSPS) is 10.9. The van der Waals surface area contributed by atoms with Crippen molar-refractivity contribution in [3.8, 4) is 34.8 Å². The summed E-state index contributed by atoms with van der Waals surface area (Å²) in [7, 11) is 6.77. The average Bonchev–Trinajstić information content (AvgIpc) is 0.761. The van der Waals surface area contributed by atoms with Gasteiger partial charge in [-0.05, 0) is 253 Å². The maximum absolute atomic E-state index is 5.60. The minimum Gasteiger partial charge on any atom is -0.497 e. The standard InChI is InChI=1S/C90H87B2N3O4/c1-58-47-62(5)87(63(6)48-58)91(88-64(7)49-59(2)50-65(88)8)72-55-71(56-73(57-72)92(89-66(9)51-60(3)52-67(89)10)90-68(11)53-61(4)54-69(90)12)18-17-70-19-21-74(22-20-70)93(75-23-27-77(28-24-75)94(79-31-39-83(96-13)40-32-79)80-33-41-84(97-14)42-34-80)76-25-29-78(30-26-76)95(81-35-43-85(98-15)44-36-81)82-37-45-86(99-16)46-38-82/h19-57H,1-16H3. The van der Waals surface area contributed by atoms with Gasteiger partial charge in [0.2, 0.25) is 13.4 Å². The van der Waals surface area contributed by atoms with Gasteiger partial charge >= 0.3 is 0 Å². The number of anilines is 9. The van der Waals surface area contributed by atoms with E-state index in [9.17, 15) is 0 Å². The molecule has 12 rings (SSSR count). The van der Waals surface area contributed by atoms with Gasteiger partial charge in [-0.15, -0.1) is 0 Å². The van der Waals surface area contributed by atoms with Crippen LogP contribution in [0.1, 0.15) is 77.9 Å². The van der Waals surface area contributed by atoms with Crippen LogP contribution in [-0.4, -0.2) is 41.9 Å². The van der Waals surface area contributed by atoms with E-state index in [-0.39, 0.29) is 13.4 Å². The maximum atomic E-state index is 5.60. The van der Waals surface area contributed by atoms with Crippen molar-refractivity contribution in [2.24, 2.45) is 0 Å². The van der Waals surface area contributed by atoms with Gasteiger partial charge in [0.05, 0.1) is 28.4 Å². The Bertz CT molecular complexity index is 4380. The van der Waals surface area contributed by atoms with E-state index < -0.39 is 0 Å². The quantitative estimate of drug-likeness (QED) is 0.0590. The summed E-state index contributed by atoms with van der Waals surface area (Å²) >= 11 is 0. The van der Waals surface area contributed by atoms with Crippen molar-refractivity contribution < 1.29 is 18.9 Å². The highest BCUT2D eigenvalue weighted by Crippen LogP contribution is 2.42. The lowest BCUT2D eigenvalue weighted by Crippen LogP contribution is -2.60. The topological polar surface area (TPSA) is 46.6 Å². The van der Waals surface area contributed by atoms with Gasteiger partial charge in [-0.3, -0.25) is 0 Å². The number of aryl methyl sites for hydroxylation is 12. The Labute approximate surface area is 588 Å². The SMILES string of the molecule is COc1ccc(N(c2ccc(OC)cc2)c2ccc(N(c3ccc(C#Cc4cc(B(c5c(C)cc(C)cc5C)c5c(C)cc(C)cc5C)cc(B(c5c(C)cc(C)cc5C)c5c(C)cc(C)cc5C)c4)cc3)c3ccc(N(c4ccc(OC)cc4)c4ccc(OC)cc4)cc3)cc2)cc1. The van der Waals surface area contributed by atoms with Crippen LogP contribution in [-0.2, 0) is 0 Å². The predicted octanol–water partition coefficient (Wildman–Crippen LogP) is 18.3. The molecule has 9 heteroatoms. The summed E-state index contributed by atoms with van der Waals surface area (Å²) in [5.74, 6) is 10.7. The smallest absolute Gasteiger partial charge is 0.242 e. The second-order valence-electron chi connectivity index (χ2n) is 26.6. The van der Waals surface area contributed by atoms with Crippen LogP contribution in [0.25, 0.3) is 0 Å². The van der Waals surface area contributed by atoms with E-state index in [1.54, 1.807) is 28.4 Å². The lowest BCUT2D eigenvalue weighted by molar-refractivity contribution is 0.414. The third-order valence-electron chi connectivity index (χ3n) is 19.3. The van der Waals surface area contributed by atoms with Gasteiger partial charge in [0.1, 0.15) is 23.0 Å². The Hall–Kier alpha value is -11.1. The second-order valence-corrected chi connectivity index (χ2v) is 26.6. The molecule has 0 N–H and O–H groups in total. The van der Waals surface area contributed by atoms with E-state index in [1.807, 2.05) is 48.5 Å². The number of hydrogen-bond donors (Lipinski definition) is 0. The van der Waals surface area contributed by atoms with E-state index in [0.717, 1.165) is 85.3 Å². The van der Waals surface area contributed by atoms with E-state index in [0.29, 0.717) is 0 Å². The Morgan fingerprint density at radius 2 is 0.404 bits per heavy atom. The maximum Gasteiger partial charge on any atom is 0.242 e. The predicted molar refractivity (Wildman–Crippen MR) is 421 cm³/mol. The van der Waals surface area contributed by atoms with Gasteiger partial charge in [-0.1, -0.05) is 178 Å². The highest BCUT2D eigenvalue weighted by atomic mass is 16.5. The molecular formula is C90H87B2N3O4. The molecular weight excluding hydrogens is 1210 g/mol. The van der Waals surface area contributed by atoms with Crippen LogP contribution < -0.4 is 66.4 Å². The molecule has 492 valence electrons. The summed E-state index contributed by atoms with van der Waals surface area (Å²) in [4.78, 5) is 6.79. The molecule has 7 nitrogen and oxygen atoms in total. The molecule has 0 unspecified atom stereocenters. The summed E-state index contributed by atoms with van der Waals surface area (Å²) in [5, 5.41) is 0. The van der Waals surface area contributed by atoms with Crippen LogP contribution in [0.3, 0.4) is 0 Å². The molecule has 0 aliphatic heterocycles. The van der Waals surface area contributed by atoms with Gasteiger partial charge in [0, 0.05) is 62.3 Å². The highest BCUT2D eigenvalue weighted by molar-refractivity contribution is 6.99. The summed E-state index contributed by atoms with van der Waals surface area (Å²) in [6, 6.07) is 85.0. The number of methoxy groups -OCH3 is 4. The first-order valence-electron chi connectivity index (χ1n) is 34.0. The third kappa shape index (κ3) is 14.5. The molecule has 12 aromatic carbocycles. The van der Waals surface area contributed by atoms with E-state index in [4.69, 9.17) is 18.9 Å². The van der Waals surface area contributed by atoms with Crippen molar-refractivity contribution >= 4 is 97.4 Å². The fraction of sp³-hybridized carbons (Fsp3) is 0.178. The number of benzene rings is 12. The molecule has 12 aromatic rings. The minimum atomic E-state index is -0.0675. The molecule has 99 heavy (non-hydrogen) atoms. The molecule has 0 amide bonds. The van der Waals surface area contributed by atoms with Crippen molar-refractivity contribution in [1.29, 1.82) is 0 Å². The van der Waals surface area contributed by atoms with Crippen molar-refractivity contribution in [3.63, 3.8) is 0 Å². The monoisotopic (exact) mass is 1300 g/mol. The van der Waals surface area contributed by atoms with E-state index in [1.165, 1.54) is 99.5 Å². The highest BCUT2D eigenvalue weighted by Gasteiger charge is 2.34. The van der Waals surface area contributed by atoms with Crippen LogP contribution in [0.4, 0.5) is 51.2 Å². The Balaban J connectivity index is 1.01. The fourth-order valence-electron chi connectivity index (χ4n) is 15.2. The van der Waals surface area contributed by atoms with Gasteiger partial charge in [-0.2, -0.15) is 0 Å². The first-order chi connectivity index (χ1) is 47.8. The lowest BCUT2D eigenvalue weighted by Gasteiger charge is -2.29. The number of hydrogen-bond acceptors (Lipinski definition) is 7. The summed E-state index contributed by atoms with van der Waals surface area (Å²) < 4.78 is 22.4. The minimum absolute atomic E-state index is 0.0675. The largest absolute Gasteiger partial charge is 0.497 e. The van der Waals surface area contributed by atoms with Crippen LogP contribution in [0.5, 0.6) is 23.0 Å². The Kier molecular flexibility index (Phi) is 20.1. The molecule has 0 saturated heterocycles. The molecule has 0 spiro atoms. The number of nitrogens with zero attached hydrogens (tertiary/aromatic N) is 3. The molecule has 0 atom stereocenters. The summed E-state index contributed by atoms with van der Waals surface area (Å²) in [6.07, 6.45) is 0. The molecule has 0 fully saturated rings. The van der Waals surface area contributed by atoms with Crippen LogP contribution in [0.15, 0.2) is 237 Å². The first-order valence-corrected chi connectivity index (χ1v) is 34.0. The first kappa shape index (κ1) is 67.9. The molecule has 0 aliphatic carbocycles. The second kappa shape index (κ2) is 29.3. The molecule has 0 heterocycles. The molecule has 0 bridgehead atoms. The zero-order valence-electron chi connectivity index (χ0n) is 60.1.